The lowest BCUT2D eigenvalue weighted by Gasteiger charge is -2.32. The van der Waals surface area contributed by atoms with Crippen LogP contribution >= 0.6 is 0 Å². The molecule has 1 aliphatic rings. The molecule has 1 amide bonds. The monoisotopic (exact) mass is 520 g/mol. The van der Waals surface area contributed by atoms with Gasteiger partial charge in [0.1, 0.15) is 6.33 Å². The Hall–Kier alpha value is -4.23. The van der Waals surface area contributed by atoms with E-state index in [-0.39, 0.29) is 11.5 Å². The third kappa shape index (κ3) is 4.05. The summed E-state index contributed by atoms with van der Waals surface area (Å²) in [5.41, 5.74) is 13.6. The summed E-state index contributed by atoms with van der Waals surface area (Å²) in [5, 5.41) is 12.2. The molecular formula is C32H32N4O3. The van der Waals surface area contributed by atoms with E-state index in [0.717, 1.165) is 62.9 Å². The van der Waals surface area contributed by atoms with Gasteiger partial charge >= 0.3 is 0 Å². The molecule has 0 radical (unpaired) electrons. The summed E-state index contributed by atoms with van der Waals surface area (Å²) >= 11 is 0. The molecule has 7 nitrogen and oxygen atoms in total. The van der Waals surface area contributed by atoms with Crippen LogP contribution in [0.2, 0.25) is 0 Å². The van der Waals surface area contributed by atoms with Crippen LogP contribution < -0.4 is 11.3 Å². The molecule has 6 rings (SSSR count). The van der Waals surface area contributed by atoms with Crippen LogP contribution in [0.5, 0.6) is 0 Å². The van der Waals surface area contributed by atoms with Gasteiger partial charge < -0.3 is 15.8 Å². The van der Waals surface area contributed by atoms with E-state index in [9.17, 15) is 14.7 Å². The Labute approximate surface area is 226 Å². The average molecular weight is 521 g/mol. The van der Waals surface area contributed by atoms with Crippen molar-refractivity contribution in [3.63, 3.8) is 0 Å². The van der Waals surface area contributed by atoms with Crippen molar-refractivity contribution in [1.29, 1.82) is 0 Å². The first-order chi connectivity index (χ1) is 18.5. The SMILES string of the molecule is Cc1ccc2ncn(-c3cccc(-c4ccc(C(N)=O)c5[nH]c6c(c45)CCC(C(C)(C)O)C6)c3C)c(=O)c2c1. The van der Waals surface area contributed by atoms with E-state index < -0.39 is 11.5 Å². The largest absolute Gasteiger partial charge is 0.390 e. The van der Waals surface area contributed by atoms with Gasteiger partial charge in [0.2, 0.25) is 0 Å². The van der Waals surface area contributed by atoms with Crippen LogP contribution in [0.15, 0.2) is 59.7 Å². The Morgan fingerprint density at radius 3 is 2.67 bits per heavy atom. The second-order valence-corrected chi connectivity index (χ2v) is 11.3. The Balaban J connectivity index is 1.57. The van der Waals surface area contributed by atoms with Crippen LogP contribution in [-0.2, 0) is 12.8 Å². The average Bonchev–Trinajstić information content (AvgIpc) is 3.28. The minimum atomic E-state index is -0.797. The minimum Gasteiger partial charge on any atom is -0.390 e. The number of rotatable bonds is 4. The molecule has 3 aromatic carbocycles. The van der Waals surface area contributed by atoms with Gasteiger partial charge in [0, 0.05) is 11.1 Å². The molecule has 1 unspecified atom stereocenters. The predicted molar refractivity (Wildman–Crippen MR) is 154 cm³/mol. The fourth-order valence-corrected chi connectivity index (χ4v) is 6.16. The Bertz CT molecular complexity index is 1860. The second kappa shape index (κ2) is 8.92. The third-order valence-corrected chi connectivity index (χ3v) is 8.37. The maximum Gasteiger partial charge on any atom is 0.265 e. The number of carbonyl (C=O) groups is 1. The number of aryl methyl sites for hydroxylation is 2. The van der Waals surface area contributed by atoms with Gasteiger partial charge in [-0.15, -0.1) is 0 Å². The van der Waals surface area contributed by atoms with Gasteiger partial charge in [-0.05, 0) is 99.4 Å². The number of hydrogen-bond acceptors (Lipinski definition) is 4. The van der Waals surface area contributed by atoms with Crippen molar-refractivity contribution < 1.29 is 9.90 Å². The predicted octanol–water partition coefficient (Wildman–Crippen LogP) is 5.13. The highest BCUT2D eigenvalue weighted by molar-refractivity contribution is 6.11. The van der Waals surface area contributed by atoms with Crippen LogP contribution in [0.1, 0.15) is 53.0 Å². The van der Waals surface area contributed by atoms with Crippen LogP contribution in [0.25, 0.3) is 38.6 Å². The van der Waals surface area contributed by atoms with Gasteiger partial charge in [0.15, 0.2) is 0 Å². The fraction of sp³-hybridized carbons (Fsp3) is 0.281. The number of hydrogen-bond donors (Lipinski definition) is 3. The first-order valence-electron chi connectivity index (χ1n) is 13.3. The molecule has 0 saturated heterocycles. The van der Waals surface area contributed by atoms with E-state index in [1.165, 1.54) is 0 Å². The van der Waals surface area contributed by atoms with Crippen molar-refractivity contribution >= 4 is 27.7 Å². The molecule has 0 fully saturated rings. The third-order valence-electron chi connectivity index (χ3n) is 8.37. The molecule has 1 atom stereocenters. The first-order valence-corrected chi connectivity index (χ1v) is 13.3. The number of carbonyl (C=O) groups excluding carboxylic acids is 1. The molecule has 0 saturated carbocycles. The molecule has 7 heteroatoms. The summed E-state index contributed by atoms with van der Waals surface area (Å²) in [4.78, 5) is 34.0. The lowest BCUT2D eigenvalue weighted by atomic mass is 9.77. The Morgan fingerprint density at radius 2 is 1.92 bits per heavy atom. The molecular weight excluding hydrogens is 488 g/mol. The van der Waals surface area contributed by atoms with Gasteiger partial charge in [-0.2, -0.15) is 0 Å². The molecule has 0 bridgehead atoms. The minimum absolute atomic E-state index is 0.111. The lowest BCUT2D eigenvalue weighted by Crippen LogP contribution is -2.34. The smallest absolute Gasteiger partial charge is 0.265 e. The maximum atomic E-state index is 13.5. The number of nitrogens with zero attached hydrogens (tertiary/aromatic N) is 2. The number of nitrogens with one attached hydrogen (secondary N) is 1. The van der Waals surface area contributed by atoms with Gasteiger partial charge in [0.25, 0.3) is 11.5 Å². The van der Waals surface area contributed by atoms with Crippen molar-refractivity contribution in [2.75, 3.05) is 0 Å². The highest BCUT2D eigenvalue weighted by atomic mass is 16.3. The molecule has 198 valence electrons. The van der Waals surface area contributed by atoms with Crippen molar-refractivity contribution in [3.8, 4) is 16.8 Å². The van der Waals surface area contributed by atoms with E-state index in [1.807, 2.05) is 70.2 Å². The number of aliphatic hydroxyl groups is 1. The normalized spacial score (nSPS) is 15.6. The van der Waals surface area contributed by atoms with E-state index in [0.29, 0.717) is 22.9 Å². The van der Waals surface area contributed by atoms with Gasteiger partial charge in [-0.1, -0.05) is 29.8 Å². The van der Waals surface area contributed by atoms with Gasteiger partial charge in [0.05, 0.1) is 33.3 Å². The summed E-state index contributed by atoms with van der Waals surface area (Å²) < 4.78 is 1.61. The molecule has 0 spiro atoms. The van der Waals surface area contributed by atoms with Crippen LogP contribution in [0.4, 0.5) is 0 Å². The van der Waals surface area contributed by atoms with E-state index in [1.54, 1.807) is 17.0 Å². The summed E-state index contributed by atoms with van der Waals surface area (Å²) in [6.45, 7) is 7.68. The molecule has 2 aromatic heterocycles. The van der Waals surface area contributed by atoms with Crippen molar-refractivity contribution in [2.24, 2.45) is 11.7 Å². The highest BCUT2D eigenvalue weighted by Gasteiger charge is 2.33. The Kier molecular flexibility index (Phi) is 5.73. The van der Waals surface area contributed by atoms with E-state index in [4.69, 9.17) is 5.73 Å². The number of fused-ring (bicyclic) bond motifs is 4. The van der Waals surface area contributed by atoms with Crippen molar-refractivity contribution in [1.82, 2.24) is 14.5 Å². The summed E-state index contributed by atoms with van der Waals surface area (Å²) in [6.07, 6.45) is 3.92. The van der Waals surface area contributed by atoms with Crippen molar-refractivity contribution in [3.05, 3.63) is 93.2 Å². The summed E-state index contributed by atoms with van der Waals surface area (Å²) in [6, 6.07) is 15.3. The van der Waals surface area contributed by atoms with Gasteiger partial charge in [-0.25, -0.2) is 4.98 Å². The zero-order chi connectivity index (χ0) is 27.6. The number of H-pyrrole nitrogens is 1. The second-order valence-electron chi connectivity index (χ2n) is 11.3. The summed E-state index contributed by atoms with van der Waals surface area (Å²) in [7, 11) is 0. The molecule has 2 heterocycles. The maximum absolute atomic E-state index is 13.5. The standard InChI is InChI=1S/C32H32N4O3/c1-17-8-13-25-24(14-17)31(38)36(16-34-25)27-7-5-6-20(18(27)2)21-11-12-23(30(33)37)29-28(21)22-10-9-19(32(3,4)39)15-26(22)35-29/h5-8,11-14,16,19,35,39H,9-10,15H2,1-4H3,(H2,33,37). The quantitative estimate of drug-likeness (QED) is 0.305. The zero-order valence-electron chi connectivity index (χ0n) is 22.6. The number of aromatic amines is 1. The number of aromatic nitrogens is 3. The molecule has 5 aromatic rings. The number of primary amides is 1. The number of nitrogens with two attached hydrogens (primary N) is 1. The topological polar surface area (TPSA) is 114 Å². The highest BCUT2D eigenvalue weighted by Crippen LogP contribution is 2.42. The zero-order valence-corrected chi connectivity index (χ0v) is 22.6. The van der Waals surface area contributed by atoms with Crippen LogP contribution in [0, 0.1) is 19.8 Å². The molecule has 1 aliphatic carbocycles. The van der Waals surface area contributed by atoms with E-state index >= 15 is 0 Å². The van der Waals surface area contributed by atoms with Crippen molar-refractivity contribution in [2.45, 2.75) is 52.6 Å². The van der Waals surface area contributed by atoms with E-state index in [2.05, 4.69) is 9.97 Å². The van der Waals surface area contributed by atoms with Crippen LogP contribution in [-0.4, -0.2) is 31.1 Å². The number of amides is 1. The molecule has 0 aliphatic heterocycles. The number of benzene rings is 3. The first kappa shape index (κ1) is 25.1. The molecule has 39 heavy (non-hydrogen) atoms. The summed E-state index contributed by atoms with van der Waals surface area (Å²) in [5.74, 6) is -0.377. The fourth-order valence-electron chi connectivity index (χ4n) is 6.16. The Morgan fingerprint density at radius 1 is 1.13 bits per heavy atom. The van der Waals surface area contributed by atoms with Gasteiger partial charge in [-0.3, -0.25) is 14.2 Å². The molecule has 4 N–H and O–H groups in total. The van der Waals surface area contributed by atoms with Crippen LogP contribution in [0.3, 0.4) is 0 Å². The lowest BCUT2D eigenvalue weighted by molar-refractivity contribution is 0.0107.